The molecule has 1 heterocycles. The minimum atomic E-state index is 0.918. The summed E-state index contributed by atoms with van der Waals surface area (Å²) in [6.45, 7) is 8.74. The van der Waals surface area contributed by atoms with E-state index in [0.717, 1.165) is 25.6 Å². The van der Waals surface area contributed by atoms with Crippen LogP contribution in [0.4, 0.5) is 5.69 Å². The summed E-state index contributed by atoms with van der Waals surface area (Å²) in [7, 11) is 0. The second-order valence-electron chi connectivity index (χ2n) is 5.16. The summed E-state index contributed by atoms with van der Waals surface area (Å²) in [6, 6.07) is 2.15. The number of nitrogens with one attached hydrogen (secondary N) is 1. The first-order valence-electron chi connectivity index (χ1n) is 7.23. The fourth-order valence-corrected chi connectivity index (χ4v) is 2.26. The molecule has 1 N–H and O–H groups in total. The van der Waals surface area contributed by atoms with E-state index in [2.05, 4.69) is 35.1 Å². The summed E-state index contributed by atoms with van der Waals surface area (Å²) < 4.78 is 0. The van der Waals surface area contributed by atoms with E-state index in [1.165, 1.54) is 37.1 Å². The molecule has 1 fully saturated rings. The average molecular weight is 247 g/mol. The highest BCUT2D eigenvalue weighted by atomic mass is 15.1. The third-order valence-electron chi connectivity index (χ3n) is 3.53. The monoisotopic (exact) mass is 247 g/mol. The van der Waals surface area contributed by atoms with E-state index in [1.807, 2.05) is 12.4 Å². The molecule has 1 aliphatic rings. The summed E-state index contributed by atoms with van der Waals surface area (Å²) in [6.07, 6.45) is 7.91. The summed E-state index contributed by atoms with van der Waals surface area (Å²) in [5.41, 5.74) is 2.69. The van der Waals surface area contributed by atoms with Crippen molar-refractivity contribution in [1.29, 1.82) is 0 Å². The second-order valence-corrected chi connectivity index (χ2v) is 5.16. The predicted octanol–water partition coefficient (Wildman–Crippen LogP) is 2.82. The molecular weight excluding hydrogens is 222 g/mol. The molecule has 0 amide bonds. The van der Waals surface area contributed by atoms with Crippen molar-refractivity contribution >= 4 is 5.69 Å². The number of pyridine rings is 1. The number of nitrogens with zero attached hydrogens (tertiary/aromatic N) is 2. The molecule has 3 nitrogen and oxygen atoms in total. The quantitative estimate of drug-likeness (QED) is 0.716. The minimum Gasteiger partial charge on any atom is -0.370 e. The fraction of sp³-hybridized carbons (Fsp3) is 0.667. The van der Waals surface area contributed by atoms with Gasteiger partial charge in [-0.05, 0) is 50.3 Å². The van der Waals surface area contributed by atoms with Crippen molar-refractivity contribution in [3.63, 3.8) is 0 Å². The normalized spacial score (nSPS) is 14.8. The number of anilines is 1. The first-order valence-corrected chi connectivity index (χ1v) is 7.23. The van der Waals surface area contributed by atoms with E-state index in [9.17, 15) is 0 Å². The van der Waals surface area contributed by atoms with Gasteiger partial charge in [-0.3, -0.25) is 4.98 Å². The van der Waals surface area contributed by atoms with E-state index in [-0.39, 0.29) is 0 Å². The van der Waals surface area contributed by atoms with Crippen LogP contribution >= 0.6 is 0 Å². The summed E-state index contributed by atoms with van der Waals surface area (Å²) in [5.74, 6) is 0.918. The number of rotatable bonds is 8. The molecule has 1 saturated carbocycles. The van der Waals surface area contributed by atoms with Crippen LogP contribution in [0, 0.1) is 5.92 Å². The Balaban J connectivity index is 2.03. The molecule has 3 heteroatoms. The van der Waals surface area contributed by atoms with Gasteiger partial charge < -0.3 is 10.2 Å². The summed E-state index contributed by atoms with van der Waals surface area (Å²) in [4.78, 5) is 6.78. The maximum atomic E-state index is 4.30. The zero-order valence-corrected chi connectivity index (χ0v) is 11.7. The van der Waals surface area contributed by atoms with E-state index >= 15 is 0 Å². The van der Waals surface area contributed by atoms with Crippen LogP contribution in [0.25, 0.3) is 0 Å². The Kier molecular flexibility index (Phi) is 5.00. The Labute approximate surface area is 111 Å². The molecule has 2 rings (SSSR count). The molecule has 0 radical (unpaired) electrons. The van der Waals surface area contributed by atoms with Gasteiger partial charge in [0.15, 0.2) is 0 Å². The molecule has 1 aromatic rings. The van der Waals surface area contributed by atoms with Crippen LogP contribution in [0.3, 0.4) is 0 Å². The number of hydrogen-bond acceptors (Lipinski definition) is 3. The van der Waals surface area contributed by atoms with Crippen molar-refractivity contribution in [2.45, 2.75) is 39.7 Å². The van der Waals surface area contributed by atoms with Crippen molar-refractivity contribution < 1.29 is 0 Å². The molecule has 0 bridgehead atoms. The third kappa shape index (κ3) is 3.70. The SMILES string of the molecule is CCCNCc1ccncc1N(CC)CC1CC1. The topological polar surface area (TPSA) is 28.2 Å². The molecule has 1 aromatic heterocycles. The van der Waals surface area contributed by atoms with E-state index in [1.54, 1.807) is 0 Å². The van der Waals surface area contributed by atoms with Crippen molar-refractivity contribution in [2.75, 3.05) is 24.5 Å². The van der Waals surface area contributed by atoms with Gasteiger partial charge in [-0.2, -0.15) is 0 Å². The van der Waals surface area contributed by atoms with E-state index in [0.29, 0.717) is 0 Å². The third-order valence-corrected chi connectivity index (χ3v) is 3.53. The van der Waals surface area contributed by atoms with E-state index < -0.39 is 0 Å². The van der Waals surface area contributed by atoms with Gasteiger partial charge in [-0.1, -0.05) is 6.92 Å². The average Bonchev–Trinajstić information content (AvgIpc) is 3.21. The zero-order valence-electron chi connectivity index (χ0n) is 11.7. The van der Waals surface area contributed by atoms with Gasteiger partial charge in [0, 0.05) is 25.8 Å². The lowest BCUT2D eigenvalue weighted by Crippen LogP contribution is -2.27. The minimum absolute atomic E-state index is 0.918. The maximum Gasteiger partial charge on any atom is 0.0598 e. The van der Waals surface area contributed by atoms with Crippen molar-refractivity contribution in [2.24, 2.45) is 5.92 Å². The highest BCUT2D eigenvalue weighted by Crippen LogP contribution is 2.32. The van der Waals surface area contributed by atoms with Gasteiger partial charge in [0.25, 0.3) is 0 Å². The molecule has 18 heavy (non-hydrogen) atoms. The van der Waals surface area contributed by atoms with Crippen LogP contribution < -0.4 is 10.2 Å². The highest BCUT2D eigenvalue weighted by Gasteiger charge is 2.24. The number of hydrogen-bond donors (Lipinski definition) is 1. The van der Waals surface area contributed by atoms with Crippen LogP contribution in [0.1, 0.15) is 38.7 Å². The molecule has 100 valence electrons. The Hall–Kier alpha value is -1.09. The van der Waals surface area contributed by atoms with Crippen LogP contribution in [-0.4, -0.2) is 24.6 Å². The molecule has 1 aliphatic carbocycles. The predicted molar refractivity (Wildman–Crippen MR) is 76.8 cm³/mol. The van der Waals surface area contributed by atoms with Crippen LogP contribution in [-0.2, 0) is 6.54 Å². The highest BCUT2D eigenvalue weighted by molar-refractivity contribution is 5.51. The second kappa shape index (κ2) is 6.74. The van der Waals surface area contributed by atoms with Crippen LogP contribution in [0.2, 0.25) is 0 Å². The van der Waals surface area contributed by atoms with Gasteiger partial charge in [-0.15, -0.1) is 0 Å². The van der Waals surface area contributed by atoms with Gasteiger partial charge in [0.2, 0.25) is 0 Å². The van der Waals surface area contributed by atoms with Crippen LogP contribution in [0.5, 0.6) is 0 Å². The number of aromatic nitrogens is 1. The molecule has 0 saturated heterocycles. The van der Waals surface area contributed by atoms with Crippen molar-refractivity contribution in [3.8, 4) is 0 Å². The Morgan fingerprint density at radius 3 is 2.89 bits per heavy atom. The van der Waals surface area contributed by atoms with Gasteiger partial charge in [-0.25, -0.2) is 0 Å². The molecule has 0 atom stereocenters. The Bertz CT molecular complexity index is 361. The lowest BCUT2D eigenvalue weighted by atomic mass is 10.2. The first kappa shape index (κ1) is 13.3. The Morgan fingerprint density at radius 2 is 2.22 bits per heavy atom. The van der Waals surface area contributed by atoms with Gasteiger partial charge >= 0.3 is 0 Å². The molecule has 0 aromatic carbocycles. The van der Waals surface area contributed by atoms with Crippen molar-refractivity contribution in [1.82, 2.24) is 10.3 Å². The van der Waals surface area contributed by atoms with Crippen LogP contribution in [0.15, 0.2) is 18.5 Å². The lowest BCUT2D eigenvalue weighted by Gasteiger charge is -2.25. The summed E-state index contributed by atoms with van der Waals surface area (Å²) in [5, 5.41) is 3.49. The van der Waals surface area contributed by atoms with Gasteiger partial charge in [0.05, 0.1) is 11.9 Å². The lowest BCUT2D eigenvalue weighted by molar-refractivity contribution is 0.668. The smallest absolute Gasteiger partial charge is 0.0598 e. The zero-order chi connectivity index (χ0) is 12.8. The molecule has 0 spiro atoms. The maximum absolute atomic E-state index is 4.30. The molecule has 0 unspecified atom stereocenters. The first-order chi connectivity index (χ1) is 8.85. The molecule has 0 aliphatic heterocycles. The fourth-order valence-electron chi connectivity index (χ4n) is 2.26. The standard InChI is InChI=1S/C15H25N3/c1-3-8-16-10-14-7-9-17-11-15(14)18(4-2)12-13-5-6-13/h7,9,11,13,16H,3-6,8,10,12H2,1-2H3. The largest absolute Gasteiger partial charge is 0.370 e. The molecular formula is C15H25N3. The van der Waals surface area contributed by atoms with Gasteiger partial charge in [0.1, 0.15) is 0 Å². The Morgan fingerprint density at radius 1 is 1.39 bits per heavy atom. The van der Waals surface area contributed by atoms with Crippen molar-refractivity contribution in [3.05, 3.63) is 24.0 Å². The summed E-state index contributed by atoms with van der Waals surface area (Å²) >= 11 is 0. The van der Waals surface area contributed by atoms with E-state index in [4.69, 9.17) is 0 Å².